The van der Waals surface area contributed by atoms with Crippen LogP contribution in [0.15, 0.2) is 54.1 Å². The van der Waals surface area contributed by atoms with Gasteiger partial charge in [-0.1, -0.05) is 42.2 Å². The van der Waals surface area contributed by atoms with Crippen molar-refractivity contribution < 1.29 is 19.8 Å². The van der Waals surface area contributed by atoms with Gasteiger partial charge in [0.05, 0.1) is 0 Å². The second kappa shape index (κ2) is 8.28. The Balaban J connectivity index is 0.00000220. The fourth-order valence-electron chi connectivity index (χ4n) is 1.81. The van der Waals surface area contributed by atoms with Gasteiger partial charge in [0.25, 0.3) is 0 Å². The van der Waals surface area contributed by atoms with E-state index in [2.05, 4.69) is 11.8 Å². The standard InChI is InChI=1S/C16H12O4.2ClH/c17-14(18)16(15(19)20)10-8-13(9-11-16)7-6-12-4-2-1-3-5-12;;/h1-5,8-10H,11H2,(H,17,18)(H,19,20);2*1H. The van der Waals surface area contributed by atoms with Crippen LogP contribution in [0.1, 0.15) is 12.0 Å². The largest absolute Gasteiger partial charge is 0.480 e. The number of halogens is 2. The Morgan fingerprint density at radius 1 is 1.00 bits per heavy atom. The summed E-state index contributed by atoms with van der Waals surface area (Å²) in [6.45, 7) is 0. The van der Waals surface area contributed by atoms with Gasteiger partial charge in [-0.15, -0.1) is 24.8 Å². The van der Waals surface area contributed by atoms with E-state index in [4.69, 9.17) is 10.2 Å². The first-order valence-electron chi connectivity index (χ1n) is 5.98. The first kappa shape index (κ1) is 19.8. The molecule has 1 aromatic carbocycles. The molecule has 0 unspecified atom stereocenters. The lowest BCUT2D eigenvalue weighted by Crippen LogP contribution is -2.38. The highest BCUT2D eigenvalue weighted by molar-refractivity contribution is 6.01. The average Bonchev–Trinajstić information content (AvgIpc) is 2.46. The fourth-order valence-corrected chi connectivity index (χ4v) is 1.81. The Bertz CT molecular complexity index is 652. The molecule has 0 saturated heterocycles. The van der Waals surface area contributed by atoms with E-state index in [-0.39, 0.29) is 31.2 Å². The lowest BCUT2D eigenvalue weighted by Gasteiger charge is -2.21. The summed E-state index contributed by atoms with van der Waals surface area (Å²) in [6.07, 6.45) is 4.07. The minimum atomic E-state index is -1.88. The van der Waals surface area contributed by atoms with Crippen LogP contribution in [0.25, 0.3) is 0 Å². The highest BCUT2D eigenvalue weighted by atomic mass is 35.5. The van der Waals surface area contributed by atoms with Crippen molar-refractivity contribution in [3.63, 3.8) is 0 Å². The SMILES string of the molecule is Cl.Cl.O=C(O)C1(C(=O)O)C=CC(C#Cc2ccccc2)=CC1. The highest BCUT2D eigenvalue weighted by Gasteiger charge is 2.44. The summed E-state index contributed by atoms with van der Waals surface area (Å²) in [6, 6.07) is 9.35. The van der Waals surface area contributed by atoms with Gasteiger partial charge >= 0.3 is 11.9 Å². The third kappa shape index (κ3) is 4.14. The minimum absolute atomic E-state index is 0. The first-order chi connectivity index (χ1) is 9.54. The first-order valence-corrected chi connectivity index (χ1v) is 5.98. The van der Waals surface area contributed by atoms with Crippen molar-refractivity contribution in [2.75, 3.05) is 0 Å². The quantitative estimate of drug-likeness (QED) is 0.641. The van der Waals surface area contributed by atoms with Crippen molar-refractivity contribution >= 4 is 36.8 Å². The molecular formula is C16H14Cl2O4. The second-order valence-corrected chi connectivity index (χ2v) is 4.39. The summed E-state index contributed by atoms with van der Waals surface area (Å²) in [7, 11) is 0. The molecule has 1 aliphatic rings. The van der Waals surface area contributed by atoms with Crippen molar-refractivity contribution in [1.29, 1.82) is 0 Å². The number of benzene rings is 1. The molecule has 0 bridgehead atoms. The van der Waals surface area contributed by atoms with Crippen LogP contribution in [0, 0.1) is 17.3 Å². The van der Waals surface area contributed by atoms with Crippen molar-refractivity contribution in [2.24, 2.45) is 5.41 Å². The molecule has 2 rings (SSSR count). The number of aliphatic carboxylic acids is 2. The number of carboxylic acid groups (broad SMARTS) is 2. The molecule has 1 aliphatic carbocycles. The molecule has 0 heterocycles. The number of rotatable bonds is 2. The van der Waals surface area contributed by atoms with Crippen LogP contribution in [0.2, 0.25) is 0 Å². The molecule has 0 spiro atoms. The molecule has 22 heavy (non-hydrogen) atoms. The third-order valence-corrected chi connectivity index (χ3v) is 3.08. The van der Waals surface area contributed by atoms with Crippen LogP contribution in [-0.4, -0.2) is 22.2 Å². The fraction of sp³-hybridized carbons (Fsp3) is 0.125. The van der Waals surface area contributed by atoms with Crippen molar-refractivity contribution in [3.8, 4) is 11.8 Å². The molecular weight excluding hydrogens is 327 g/mol. The minimum Gasteiger partial charge on any atom is -0.480 e. The van der Waals surface area contributed by atoms with Crippen LogP contribution < -0.4 is 0 Å². The Morgan fingerprint density at radius 3 is 2.05 bits per heavy atom. The topological polar surface area (TPSA) is 74.6 Å². The monoisotopic (exact) mass is 340 g/mol. The molecule has 2 N–H and O–H groups in total. The molecule has 116 valence electrons. The molecule has 0 aliphatic heterocycles. The summed E-state index contributed by atoms with van der Waals surface area (Å²) in [5.74, 6) is 3.09. The van der Waals surface area contributed by atoms with Gasteiger partial charge in [0.1, 0.15) is 0 Å². The maximum Gasteiger partial charge on any atom is 0.325 e. The zero-order chi connectivity index (χ0) is 14.6. The van der Waals surface area contributed by atoms with Crippen molar-refractivity contribution in [1.82, 2.24) is 0 Å². The molecule has 0 fully saturated rings. The van der Waals surface area contributed by atoms with E-state index in [1.54, 1.807) is 0 Å². The normalized spacial score (nSPS) is 14.3. The van der Waals surface area contributed by atoms with Gasteiger partial charge in [-0.2, -0.15) is 0 Å². The van der Waals surface area contributed by atoms with E-state index in [9.17, 15) is 9.59 Å². The Hall–Kier alpha value is -2.22. The van der Waals surface area contributed by atoms with E-state index in [1.807, 2.05) is 30.3 Å². The highest BCUT2D eigenvalue weighted by Crippen LogP contribution is 2.30. The summed E-state index contributed by atoms with van der Waals surface area (Å²) in [5.41, 5.74) is -0.417. The van der Waals surface area contributed by atoms with Crippen molar-refractivity contribution in [2.45, 2.75) is 6.42 Å². The van der Waals surface area contributed by atoms with E-state index in [1.165, 1.54) is 18.2 Å². The van der Waals surface area contributed by atoms with Gasteiger partial charge in [-0.25, -0.2) is 0 Å². The molecule has 6 heteroatoms. The van der Waals surface area contributed by atoms with Crippen LogP contribution in [-0.2, 0) is 9.59 Å². The number of hydrogen-bond acceptors (Lipinski definition) is 2. The van der Waals surface area contributed by atoms with E-state index < -0.39 is 17.4 Å². The third-order valence-electron chi connectivity index (χ3n) is 3.08. The molecule has 0 amide bonds. The summed E-state index contributed by atoms with van der Waals surface area (Å²) < 4.78 is 0. The Morgan fingerprint density at radius 2 is 1.59 bits per heavy atom. The molecule has 4 nitrogen and oxygen atoms in total. The van der Waals surface area contributed by atoms with Gasteiger partial charge in [0.15, 0.2) is 5.41 Å². The molecule has 0 aromatic heterocycles. The maximum absolute atomic E-state index is 11.1. The summed E-state index contributed by atoms with van der Waals surface area (Å²) >= 11 is 0. The Labute approximate surface area is 140 Å². The molecule has 1 aromatic rings. The van der Waals surface area contributed by atoms with Crippen LogP contribution in [0.3, 0.4) is 0 Å². The van der Waals surface area contributed by atoms with E-state index in [0.29, 0.717) is 5.57 Å². The van der Waals surface area contributed by atoms with Crippen LogP contribution in [0.4, 0.5) is 0 Å². The summed E-state index contributed by atoms with van der Waals surface area (Å²) in [5, 5.41) is 18.1. The number of carbonyl (C=O) groups is 2. The van der Waals surface area contributed by atoms with Gasteiger partial charge in [-0.3, -0.25) is 9.59 Å². The summed E-state index contributed by atoms with van der Waals surface area (Å²) in [4.78, 5) is 22.2. The molecule has 0 saturated carbocycles. The predicted molar refractivity (Wildman–Crippen MR) is 87.4 cm³/mol. The second-order valence-electron chi connectivity index (χ2n) is 4.39. The predicted octanol–water partition coefficient (Wildman–Crippen LogP) is 2.92. The average molecular weight is 341 g/mol. The molecule has 0 atom stereocenters. The van der Waals surface area contributed by atoms with E-state index in [0.717, 1.165) is 5.56 Å². The van der Waals surface area contributed by atoms with Gasteiger partial charge < -0.3 is 10.2 Å². The lowest BCUT2D eigenvalue weighted by atomic mass is 9.80. The molecule has 0 radical (unpaired) electrons. The van der Waals surface area contributed by atoms with Crippen LogP contribution in [0.5, 0.6) is 0 Å². The van der Waals surface area contributed by atoms with Gasteiger partial charge in [0, 0.05) is 11.1 Å². The van der Waals surface area contributed by atoms with Crippen LogP contribution >= 0.6 is 24.8 Å². The van der Waals surface area contributed by atoms with Gasteiger partial charge in [-0.05, 0) is 24.6 Å². The number of allylic oxidation sites excluding steroid dienone is 3. The zero-order valence-electron chi connectivity index (χ0n) is 11.4. The zero-order valence-corrected chi connectivity index (χ0v) is 13.0. The van der Waals surface area contributed by atoms with Crippen molar-refractivity contribution in [3.05, 3.63) is 59.7 Å². The van der Waals surface area contributed by atoms with E-state index >= 15 is 0 Å². The maximum atomic E-state index is 11.1. The smallest absolute Gasteiger partial charge is 0.325 e. The van der Waals surface area contributed by atoms with Gasteiger partial charge in [0.2, 0.25) is 0 Å². The Kier molecular flexibility index (Phi) is 7.44. The number of carboxylic acids is 2. The lowest BCUT2D eigenvalue weighted by molar-refractivity contribution is -0.160. The number of hydrogen-bond donors (Lipinski definition) is 2.